The van der Waals surface area contributed by atoms with Crippen molar-refractivity contribution in [2.45, 2.75) is 12.8 Å². The molecule has 0 heterocycles. The second-order valence-corrected chi connectivity index (χ2v) is 5.39. The summed E-state index contributed by atoms with van der Waals surface area (Å²) in [4.78, 5) is 24.7. The van der Waals surface area contributed by atoms with Crippen LogP contribution >= 0.6 is 0 Å². The Bertz CT molecular complexity index is 545. The van der Waals surface area contributed by atoms with Gasteiger partial charge in [-0.05, 0) is 25.0 Å². The van der Waals surface area contributed by atoms with Gasteiger partial charge in [-0.2, -0.15) is 0 Å². The predicted octanol–water partition coefficient (Wildman–Crippen LogP) is 1.64. The lowest BCUT2D eigenvalue weighted by Crippen LogP contribution is -2.45. The number of carboxylic acids is 1. The lowest BCUT2D eigenvalue weighted by molar-refractivity contribution is -0.156. The van der Waals surface area contributed by atoms with Gasteiger partial charge < -0.3 is 19.5 Å². The molecule has 0 bridgehead atoms. The smallest absolute Gasteiger partial charge is 0.307 e. The highest BCUT2D eigenvalue weighted by molar-refractivity contribution is 5.86. The predicted molar refractivity (Wildman–Crippen MR) is 80.0 cm³/mol. The molecule has 1 aromatic carbocycles. The third-order valence-electron chi connectivity index (χ3n) is 4.04. The van der Waals surface area contributed by atoms with Gasteiger partial charge in [0.1, 0.15) is 6.61 Å². The van der Waals surface area contributed by atoms with E-state index in [0.717, 1.165) is 0 Å². The first kappa shape index (κ1) is 16.1. The highest BCUT2D eigenvalue weighted by Crippen LogP contribution is 2.35. The van der Waals surface area contributed by atoms with Crippen LogP contribution < -0.4 is 9.47 Å². The van der Waals surface area contributed by atoms with Crippen LogP contribution in [0.1, 0.15) is 12.8 Å². The average molecular weight is 307 g/mol. The van der Waals surface area contributed by atoms with Crippen molar-refractivity contribution in [1.82, 2.24) is 4.90 Å². The van der Waals surface area contributed by atoms with Crippen LogP contribution in [0.15, 0.2) is 24.3 Å². The third-order valence-corrected chi connectivity index (χ3v) is 4.04. The summed E-state index contributed by atoms with van der Waals surface area (Å²) in [6, 6.07) is 7.30. The van der Waals surface area contributed by atoms with Crippen molar-refractivity contribution in [3.63, 3.8) is 0 Å². The van der Waals surface area contributed by atoms with Crippen LogP contribution in [0.25, 0.3) is 0 Å². The number of carboxylic acid groups (broad SMARTS) is 1. The molecule has 6 nitrogen and oxygen atoms in total. The van der Waals surface area contributed by atoms with E-state index in [1.165, 1.54) is 4.90 Å². The van der Waals surface area contributed by atoms with Gasteiger partial charge in [0, 0.05) is 7.05 Å². The molecule has 1 aromatic rings. The fourth-order valence-corrected chi connectivity index (χ4v) is 2.52. The van der Waals surface area contributed by atoms with E-state index in [4.69, 9.17) is 14.6 Å². The number of ether oxygens (including phenoxy) is 2. The quantitative estimate of drug-likeness (QED) is 0.829. The van der Waals surface area contributed by atoms with Crippen LogP contribution in [0, 0.1) is 11.8 Å². The summed E-state index contributed by atoms with van der Waals surface area (Å²) in [6.45, 7) is 0.729. The van der Waals surface area contributed by atoms with E-state index in [1.807, 2.05) is 12.1 Å². The van der Waals surface area contributed by atoms with Crippen molar-refractivity contribution in [2.24, 2.45) is 11.8 Å². The Morgan fingerprint density at radius 1 is 1.23 bits per heavy atom. The number of carbonyl (C=O) groups excluding carboxylic acids is 1. The maximum atomic E-state index is 12.2. The minimum Gasteiger partial charge on any atom is -0.493 e. The van der Waals surface area contributed by atoms with Crippen LogP contribution in [0.4, 0.5) is 0 Å². The molecule has 120 valence electrons. The molecule has 0 aliphatic heterocycles. The number of hydrogen-bond donors (Lipinski definition) is 1. The Hall–Kier alpha value is -2.24. The number of para-hydroxylation sites is 2. The average Bonchev–Trinajstić information content (AvgIpc) is 2.45. The number of aliphatic carboxylic acids is 1. The van der Waals surface area contributed by atoms with E-state index in [-0.39, 0.29) is 5.91 Å². The molecular weight excluding hydrogens is 286 g/mol. The van der Waals surface area contributed by atoms with E-state index in [1.54, 1.807) is 26.3 Å². The number of amides is 1. The summed E-state index contributed by atoms with van der Waals surface area (Å²) in [5.41, 5.74) is 0. The van der Waals surface area contributed by atoms with Gasteiger partial charge in [-0.3, -0.25) is 9.59 Å². The minimum atomic E-state index is -0.886. The normalized spacial score (nSPS) is 19.9. The zero-order valence-electron chi connectivity index (χ0n) is 12.8. The topological polar surface area (TPSA) is 76.1 Å². The molecule has 2 unspecified atom stereocenters. The van der Waals surface area contributed by atoms with Crippen LogP contribution in [-0.4, -0.2) is 49.2 Å². The molecule has 1 amide bonds. The largest absolute Gasteiger partial charge is 0.493 e. The summed E-state index contributed by atoms with van der Waals surface area (Å²) in [5.74, 6) is -0.677. The molecule has 1 aliphatic rings. The highest BCUT2D eigenvalue weighted by atomic mass is 16.5. The Balaban J connectivity index is 1.81. The zero-order valence-corrected chi connectivity index (χ0v) is 12.8. The number of hydrogen-bond acceptors (Lipinski definition) is 4. The van der Waals surface area contributed by atoms with Gasteiger partial charge in [0.25, 0.3) is 0 Å². The molecule has 22 heavy (non-hydrogen) atoms. The Morgan fingerprint density at radius 2 is 1.86 bits per heavy atom. The fourth-order valence-electron chi connectivity index (χ4n) is 2.52. The molecule has 1 N–H and O–H groups in total. The third kappa shape index (κ3) is 3.50. The summed E-state index contributed by atoms with van der Waals surface area (Å²) < 4.78 is 10.8. The van der Waals surface area contributed by atoms with Gasteiger partial charge in [0.05, 0.1) is 25.5 Å². The Kier molecular flexibility index (Phi) is 5.25. The molecule has 2 atom stereocenters. The number of methoxy groups -OCH3 is 1. The molecule has 0 aromatic heterocycles. The first-order valence-electron chi connectivity index (χ1n) is 7.28. The maximum absolute atomic E-state index is 12.2. The molecule has 0 saturated heterocycles. The van der Waals surface area contributed by atoms with Crippen molar-refractivity contribution in [2.75, 3.05) is 27.3 Å². The van der Waals surface area contributed by atoms with Crippen LogP contribution in [0.5, 0.6) is 11.5 Å². The summed E-state index contributed by atoms with van der Waals surface area (Å²) in [6.07, 6.45) is 1.23. The monoisotopic (exact) mass is 307 g/mol. The lowest BCUT2D eigenvalue weighted by atomic mass is 9.73. The van der Waals surface area contributed by atoms with Crippen molar-refractivity contribution >= 4 is 11.9 Å². The molecule has 2 rings (SSSR count). The molecule has 1 fully saturated rings. The van der Waals surface area contributed by atoms with E-state index in [9.17, 15) is 9.59 Å². The first-order valence-corrected chi connectivity index (χ1v) is 7.28. The second kappa shape index (κ2) is 7.15. The summed E-state index contributed by atoms with van der Waals surface area (Å²) >= 11 is 0. The maximum Gasteiger partial charge on any atom is 0.307 e. The van der Waals surface area contributed by atoms with Gasteiger partial charge in [-0.25, -0.2) is 0 Å². The fraction of sp³-hybridized carbons (Fsp3) is 0.500. The zero-order chi connectivity index (χ0) is 16.1. The van der Waals surface area contributed by atoms with Crippen LogP contribution in [0.3, 0.4) is 0 Å². The highest BCUT2D eigenvalue weighted by Gasteiger charge is 2.42. The van der Waals surface area contributed by atoms with E-state index < -0.39 is 17.8 Å². The molecule has 6 heteroatoms. The number of carbonyl (C=O) groups is 2. The molecule has 0 spiro atoms. The number of rotatable bonds is 7. The second-order valence-electron chi connectivity index (χ2n) is 5.39. The SMILES string of the molecule is COc1ccccc1OCCN(C)C(=O)C1CCC1C(=O)O. The van der Waals surface area contributed by atoms with Crippen molar-refractivity contribution in [3.8, 4) is 11.5 Å². The number of nitrogens with zero attached hydrogens (tertiary/aromatic N) is 1. The van der Waals surface area contributed by atoms with Crippen molar-refractivity contribution < 1.29 is 24.2 Å². The minimum absolute atomic E-state index is 0.123. The van der Waals surface area contributed by atoms with Gasteiger partial charge >= 0.3 is 5.97 Å². The molecule has 1 aliphatic carbocycles. The van der Waals surface area contributed by atoms with Gasteiger partial charge in [0.2, 0.25) is 5.91 Å². The van der Waals surface area contributed by atoms with Gasteiger partial charge in [-0.15, -0.1) is 0 Å². The van der Waals surface area contributed by atoms with Crippen molar-refractivity contribution in [3.05, 3.63) is 24.3 Å². The van der Waals surface area contributed by atoms with Crippen LogP contribution in [0.2, 0.25) is 0 Å². The lowest BCUT2D eigenvalue weighted by Gasteiger charge is -2.34. The molecule has 1 saturated carbocycles. The summed E-state index contributed by atoms with van der Waals surface area (Å²) in [5, 5.41) is 9.01. The molecular formula is C16H21NO5. The first-order chi connectivity index (χ1) is 10.5. The van der Waals surface area contributed by atoms with E-state index in [2.05, 4.69) is 0 Å². The Morgan fingerprint density at radius 3 is 2.41 bits per heavy atom. The summed E-state index contributed by atoms with van der Waals surface area (Å²) in [7, 11) is 3.24. The van der Waals surface area contributed by atoms with Crippen molar-refractivity contribution in [1.29, 1.82) is 0 Å². The van der Waals surface area contributed by atoms with E-state index >= 15 is 0 Å². The number of benzene rings is 1. The van der Waals surface area contributed by atoms with E-state index in [0.29, 0.717) is 37.5 Å². The van der Waals surface area contributed by atoms with Crippen LogP contribution in [-0.2, 0) is 9.59 Å². The molecule has 0 radical (unpaired) electrons. The Labute approximate surface area is 129 Å². The van der Waals surface area contributed by atoms with Gasteiger partial charge in [0.15, 0.2) is 11.5 Å². The van der Waals surface area contributed by atoms with Gasteiger partial charge in [-0.1, -0.05) is 12.1 Å². The number of likely N-dealkylation sites (N-methyl/N-ethyl adjacent to an activating group) is 1. The standard InChI is InChI=1S/C16H21NO5/c1-17(15(18)11-7-8-12(11)16(19)20)9-10-22-14-6-4-3-5-13(14)21-2/h3-6,11-12H,7-10H2,1-2H3,(H,19,20).